The van der Waals surface area contributed by atoms with Gasteiger partial charge in [0.05, 0.1) is 11.8 Å². The van der Waals surface area contributed by atoms with Crippen LogP contribution in [0.5, 0.6) is 0 Å². The zero-order valence-electron chi connectivity index (χ0n) is 14.7. The highest BCUT2D eigenvalue weighted by atomic mass is 15.1. The van der Waals surface area contributed by atoms with Gasteiger partial charge in [0.15, 0.2) is 11.6 Å². The molecular formula is C19H20N8. The van der Waals surface area contributed by atoms with Gasteiger partial charge in [-0.25, -0.2) is 15.0 Å². The van der Waals surface area contributed by atoms with Crippen LogP contribution in [-0.2, 0) is 6.54 Å². The maximum atomic E-state index is 6.27. The summed E-state index contributed by atoms with van der Waals surface area (Å²) in [7, 11) is 0. The maximum Gasteiger partial charge on any atom is 0.159 e. The Morgan fingerprint density at radius 2 is 1.93 bits per heavy atom. The van der Waals surface area contributed by atoms with Gasteiger partial charge in [0.25, 0.3) is 0 Å². The monoisotopic (exact) mass is 360 g/mol. The van der Waals surface area contributed by atoms with E-state index in [-0.39, 0.29) is 0 Å². The Morgan fingerprint density at radius 1 is 1.00 bits per heavy atom. The Balaban J connectivity index is 1.46. The van der Waals surface area contributed by atoms with Crippen molar-refractivity contribution < 1.29 is 0 Å². The number of nitrogens with zero attached hydrogens (tertiary/aromatic N) is 5. The summed E-state index contributed by atoms with van der Waals surface area (Å²) < 4.78 is 2.03. The van der Waals surface area contributed by atoms with Gasteiger partial charge in [0.2, 0.25) is 0 Å². The highest BCUT2D eigenvalue weighted by molar-refractivity contribution is 5.94. The summed E-state index contributed by atoms with van der Waals surface area (Å²) in [5.74, 6) is 1.19. The van der Waals surface area contributed by atoms with Crippen molar-refractivity contribution in [1.29, 1.82) is 0 Å². The molecule has 0 saturated carbocycles. The minimum absolute atomic E-state index is 0.487. The molecule has 8 heteroatoms. The number of imidazole rings is 1. The van der Waals surface area contributed by atoms with Gasteiger partial charge in [-0.1, -0.05) is 6.07 Å². The molecule has 4 N–H and O–H groups in total. The van der Waals surface area contributed by atoms with Gasteiger partial charge in [0, 0.05) is 42.8 Å². The van der Waals surface area contributed by atoms with Crippen molar-refractivity contribution in [1.82, 2.24) is 24.5 Å². The quantitative estimate of drug-likeness (QED) is 0.435. The Bertz CT molecular complexity index is 1020. The summed E-state index contributed by atoms with van der Waals surface area (Å²) in [6, 6.07) is 9.81. The molecule has 0 unspecified atom stereocenters. The van der Waals surface area contributed by atoms with Crippen LogP contribution in [-0.4, -0.2) is 31.0 Å². The van der Waals surface area contributed by atoms with Crippen LogP contribution in [0.3, 0.4) is 0 Å². The van der Waals surface area contributed by atoms with Gasteiger partial charge in [-0.05, 0) is 30.7 Å². The smallest absolute Gasteiger partial charge is 0.159 e. The van der Waals surface area contributed by atoms with Crippen LogP contribution in [0.1, 0.15) is 6.42 Å². The molecule has 4 rings (SSSR count). The number of aromatic nitrogens is 5. The number of pyridine rings is 1. The lowest BCUT2D eigenvalue weighted by Gasteiger charge is -2.13. The van der Waals surface area contributed by atoms with E-state index in [1.165, 1.54) is 6.33 Å². The fourth-order valence-electron chi connectivity index (χ4n) is 2.86. The first-order valence-electron chi connectivity index (χ1n) is 8.72. The minimum atomic E-state index is 0.487. The van der Waals surface area contributed by atoms with Crippen molar-refractivity contribution in [2.24, 2.45) is 0 Å². The van der Waals surface area contributed by atoms with Gasteiger partial charge in [0.1, 0.15) is 12.0 Å². The number of benzene rings is 1. The normalized spacial score (nSPS) is 10.8. The fraction of sp³-hybridized carbons (Fsp3) is 0.158. The maximum absolute atomic E-state index is 6.27. The number of rotatable bonds is 7. The first kappa shape index (κ1) is 16.8. The van der Waals surface area contributed by atoms with E-state index in [4.69, 9.17) is 5.73 Å². The lowest BCUT2D eigenvalue weighted by molar-refractivity contribution is 0.660. The highest BCUT2D eigenvalue weighted by Crippen LogP contribution is 2.29. The Hall–Kier alpha value is -3.68. The van der Waals surface area contributed by atoms with Crippen LogP contribution < -0.4 is 16.4 Å². The van der Waals surface area contributed by atoms with Crippen LogP contribution in [0.4, 0.5) is 23.0 Å². The van der Waals surface area contributed by atoms with Crippen molar-refractivity contribution in [3.8, 4) is 0 Å². The standard InChI is InChI=1S/C19H20N8/c20-17-18(23-8-3-10-27-11-9-21-13-27)24-12-25-19(17)26-16-6-1-5-15-14(16)4-2-7-22-15/h1-2,4-7,9,11-13H,3,8,10,20H2,(H2,23,24,25,26). The Labute approximate surface area is 156 Å². The molecule has 3 aromatic heterocycles. The zero-order chi connectivity index (χ0) is 18.5. The number of nitrogen functional groups attached to an aromatic ring is 1. The van der Waals surface area contributed by atoms with E-state index in [0.29, 0.717) is 17.3 Å². The molecule has 0 fully saturated rings. The molecule has 8 nitrogen and oxygen atoms in total. The number of aryl methyl sites for hydroxylation is 1. The van der Waals surface area contributed by atoms with Gasteiger partial charge >= 0.3 is 0 Å². The van der Waals surface area contributed by atoms with E-state index in [1.54, 1.807) is 18.7 Å². The molecule has 1 aromatic carbocycles. The molecule has 0 aliphatic carbocycles. The predicted molar refractivity (Wildman–Crippen MR) is 107 cm³/mol. The molecule has 3 heterocycles. The molecule has 0 aliphatic rings. The van der Waals surface area contributed by atoms with E-state index in [2.05, 4.69) is 30.6 Å². The predicted octanol–water partition coefficient (Wildman–Crippen LogP) is 3.05. The minimum Gasteiger partial charge on any atom is -0.393 e. The van der Waals surface area contributed by atoms with Crippen LogP contribution in [0.2, 0.25) is 0 Å². The van der Waals surface area contributed by atoms with Crippen LogP contribution in [0.25, 0.3) is 10.9 Å². The average molecular weight is 360 g/mol. The number of fused-ring (bicyclic) bond motifs is 1. The number of hydrogen-bond donors (Lipinski definition) is 3. The zero-order valence-corrected chi connectivity index (χ0v) is 14.7. The summed E-state index contributed by atoms with van der Waals surface area (Å²) in [6.07, 6.45) is 9.73. The summed E-state index contributed by atoms with van der Waals surface area (Å²) in [6.45, 7) is 1.63. The lowest BCUT2D eigenvalue weighted by Crippen LogP contribution is -2.10. The molecule has 0 amide bonds. The third kappa shape index (κ3) is 3.79. The summed E-state index contributed by atoms with van der Waals surface area (Å²) in [4.78, 5) is 17.0. The van der Waals surface area contributed by atoms with E-state index in [9.17, 15) is 0 Å². The van der Waals surface area contributed by atoms with Crippen molar-refractivity contribution in [3.63, 3.8) is 0 Å². The van der Waals surface area contributed by atoms with Crippen LogP contribution in [0.15, 0.2) is 61.6 Å². The molecular weight excluding hydrogens is 340 g/mol. The summed E-state index contributed by atoms with van der Waals surface area (Å²) in [5, 5.41) is 7.58. The van der Waals surface area contributed by atoms with Gasteiger partial charge in [-0.2, -0.15) is 0 Å². The fourth-order valence-corrected chi connectivity index (χ4v) is 2.86. The first-order valence-corrected chi connectivity index (χ1v) is 8.72. The molecule has 0 atom stereocenters. The molecule has 27 heavy (non-hydrogen) atoms. The highest BCUT2D eigenvalue weighted by Gasteiger charge is 2.09. The largest absolute Gasteiger partial charge is 0.393 e. The molecule has 0 spiro atoms. The Morgan fingerprint density at radius 3 is 2.81 bits per heavy atom. The first-order chi connectivity index (χ1) is 13.3. The number of hydrogen-bond acceptors (Lipinski definition) is 7. The van der Waals surface area contributed by atoms with Crippen molar-refractivity contribution in [3.05, 3.63) is 61.6 Å². The van der Waals surface area contributed by atoms with Gasteiger partial charge in [-0.15, -0.1) is 0 Å². The molecule has 136 valence electrons. The second kappa shape index (κ2) is 7.69. The third-order valence-electron chi connectivity index (χ3n) is 4.23. The van der Waals surface area contributed by atoms with Crippen molar-refractivity contribution >= 4 is 33.9 Å². The lowest BCUT2D eigenvalue weighted by atomic mass is 10.2. The van der Waals surface area contributed by atoms with Crippen LogP contribution >= 0.6 is 0 Å². The molecule has 0 radical (unpaired) electrons. The van der Waals surface area contributed by atoms with Crippen LogP contribution in [0, 0.1) is 0 Å². The number of anilines is 4. The second-order valence-corrected chi connectivity index (χ2v) is 6.07. The van der Waals surface area contributed by atoms with E-state index >= 15 is 0 Å². The molecule has 4 aromatic rings. The SMILES string of the molecule is Nc1c(NCCCn2ccnc2)ncnc1Nc1cccc2ncccc12. The van der Waals surface area contributed by atoms with Gasteiger partial charge < -0.3 is 20.9 Å². The summed E-state index contributed by atoms with van der Waals surface area (Å²) in [5.41, 5.74) is 8.57. The van der Waals surface area contributed by atoms with E-state index in [0.717, 1.165) is 36.1 Å². The third-order valence-corrected chi connectivity index (χ3v) is 4.23. The van der Waals surface area contributed by atoms with E-state index in [1.807, 2.05) is 41.1 Å². The number of nitrogens with two attached hydrogens (primary N) is 1. The van der Waals surface area contributed by atoms with Crippen molar-refractivity contribution in [2.75, 3.05) is 22.9 Å². The Kier molecular flexibility index (Phi) is 4.78. The second-order valence-electron chi connectivity index (χ2n) is 6.07. The average Bonchev–Trinajstić information content (AvgIpc) is 3.22. The summed E-state index contributed by atoms with van der Waals surface area (Å²) >= 11 is 0. The number of nitrogens with one attached hydrogen (secondary N) is 2. The molecule has 0 bridgehead atoms. The topological polar surface area (TPSA) is 107 Å². The molecule has 0 aliphatic heterocycles. The van der Waals surface area contributed by atoms with Gasteiger partial charge in [-0.3, -0.25) is 4.98 Å². The van der Waals surface area contributed by atoms with E-state index < -0.39 is 0 Å². The molecule has 0 saturated heterocycles. The van der Waals surface area contributed by atoms with Crippen molar-refractivity contribution in [2.45, 2.75) is 13.0 Å².